The molecule has 0 aliphatic heterocycles. The molecule has 0 aromatic heterocycles. The average Bonchev–Trinajstić information content (AvgIpc) is 2.42. The minimum Gasteiger partial charge on any atom is -0.478 e. The number of aryl methyl sites for hydroxylation is 1. The van der Waals surface area contributed by atoms with Gasteiger partial charge in [-0.2, -0.15) is 0 Å². The van der Waals surface area contributed by atoms with Gasteiger partial charge in [0.2, 0.25) is 0 Å². The van der Waals surface area contributed by atoms with E-state index in [0.717, 1.165) is 10.0 Å². The molecule has 0 bridgehead atoms. The van der Waals surface area contributed by atoms with Crippen LogP contribution in [0.25, 0.3) is 0 Å². The Balaban J connectivity index is 2.45. The average molecular weight is 351 g/mol. The van der Waals surface area contributed by atoms with Crippen molar-refractivity contribution in [2.75, 3.05) is 5.32 Å². The van der Waals surface area contributed by atoms with E-state index in [0.29, 0.717) is 5.69 Å². The molecule has 0 fully saturated rings. The summed E-state index contributed by atoms with van der Waals surface area (Å²) in [5.41, 5.74) is 1.54. The summed E-state index contributed by atoms with van der Waals surface area (Å²) in [6, 6.07) is 8.99. The second-order valence-corrected chi connectivity index (χ2v) is 5.24. The van der Waals surface area contributed by atoms with Gasteiger partial charge in [-0.3, -0.25) is 10.1 Å². The number of nitro benzene ring substituents is 1. The zero-order valence-corrected chi connectivity index (χ0v) is 12.5. The molecule has 21 heavy (non-hydrogen) atoms. The third-order valence-electron chi connectivity index (χ3n) is 2.88. The lowest BCUT2D eigenvalue weighted by Crippen LogP contribution is -2.02. The van der Waals surface area contributed by atoms with Gasteiger partial charge in [-0.1, -0.05) is 15.9 Å². The molecule has 7 heteroatoms. The van der Waals surface area contributed by atoms with Crippen LogP contribution in [0.4, 0.5) is 17.1 Å². The Morgan fingerprint density at radius 1 is 1.29 bits per heavy atom. The summed E-state index contributed by atoms with van der Waals surface area (Å²) in [6.07, 6.45) is 0. The molecule has 6 nitrogen and oxygen atoms in total. The minimum absolute atomic E-state index is 0.0167. The normalized spacial score (nSPS) is 10.2. The number of benzene rings is 2. The Morgan fingerprint density at radius 3 is 2.57 bits per heavy atom. The van der Waals surface area contributed by atoms with Gasteiger partial charge in [0.15, 0.2) is 0 Å². The van der Waals surface area contributed by atoms with Gasteiger partial charge < -0.3 is 10.4 Å². The predicted octanol–water partition coefficient (Wildman–Crippen LogP) is 4.11. The van der Waals surface area contributed by atoms with E-state index in [4.69, 9.17) is 5.11 Å². The quantitative estimate of drug-likeness (QED) is 0.639. The number of aromatic carboxylic acids is 1. The zero-order chi connectivity index (χ0) is 15.6. The summed E-state index contributed by atoms with van der Waals surface area (Å²) in [4.78, 5) is 21.5. The summed E-state index contributed by atoms with van der Waals surface area (Å²) in [7, 11) is 0. The standard InChI is InChI=1S/C14H11BrN2O4/c1-8-6-10(3-4-11(8)15)16-12-7-9(14(18)19)2-5-13(12)17(20)21/h2-7,16H,1H3,(H,18,19). The van der Waals surface area contributed by atoms with Crippen LogP contribution in [-0.4, -0.2) is 16.0 Å². The van der Waals surface area contributed by atoms with E-state index in [-0.39, 0.29) is 16.9 Å². The van der Waals surface area contributed by atoms with Crippen LogP contribution in [0.2, 0.25) is 0 Å². The maximum atomic E-state index is 11.0. The molecule has 2 aromatic rings. The molecule has 0 heterocycles. The Kier molecular flexibility index (Phi) is 4.23. The van der Waals surface area contributed by atoms with E-state index < -0.39 is 10.9 Å². The van der Waals surface area contributed by atoms with Gasteiger partial charge in [-0.25, -0.2) is 4.79 Å². The van der Waals surface area contributed by atoms with Crippen molar-refractivity contribution < 1.29 is 14.8 Å². The van der Waals surface area contributed by atoms with Gasteiger partial charge in [0.05, 0.1) is 10.5 Å². The van der Waals surface area contributed by atoms with Crippen LogP contribution in [0.3, 0.4) is 0 Å². The summed E-state index contributed by atoms with van der Waals surface area (Å²) >= 11 is 3.37. The first kappa shape index (κ1) is 15.0. The fourth-order valence-electron chi connectivity index (χ4n) is 1.81. The molecule has 2 rings (SSSR count). The van der Waals surface area contributed by atoms with Crippen LogP contribution >= 0.6 is 15.9 Å². The van der Waals surface area contributed by atoms with Crippen LogP contribution in [0.1, 0.15) is 15.9 Å². The molecule has 0 saturated heterocycles. The molecule has 0 amide bonds. The van der Waals surface area contributed by atoms with Crippen LogP contribution in [0.5, 0.6) is 0 Å². The van der Waals surface area contributed by atoms with Crippen molar-refractivity contribution in [3.63, 3.8) is 0 Å². The molecule has 2 N–H and O–H groups in total. The number of hydrogen-bond donors (Lipinski definition) is 2. The number of hydrogen-bond acceptors (Lipinski definition) is 4. The summed E-state index contributed by atoms with van der Waals surface area (Å²) < 4.78 is 0.918. The summed E-state index contributed by atoms with van der Waals surface area (Å²) in [5.74, 6) is -1.14. The molecule has 2 aromatic carbocycles. The van der Waals surface area contributed by atoms with Crippen molar-refractivity contribution in [1.29, 1.82) is 0 Å². The second kappa shape index (κ2) is 5.92. The molecule has 0 atom stereocenters. The van der Waals surface area contributed by atoms with Crippen LogP contribution in [0, 0.1) is 17.0 Å². The van der Waals surface area contributed by atoms with Crippen molar-refractivity contribution in [3.05, 3.63) is 62.1 Å². The third kappa shape index (κ3) is 3.38. The predicted molar refractivity (Wildman–Crippen MR) is 82.2 cm³/mol. The van der Waals surface area contributed by atoms with E-state index in [9.17, 15) is 14.9 Å². The first-order valence-corrected chi connectivity index (χ1v) is 6.72. The number of halogens is 1. The van der Waals surface area contributed by atoms with Gasteiger partial charge in [-0.05, 0) is 42.8 Å². The Hall–Kier alpha value is -2.41. The fraction of sp³-hybridized carbons (Fsp3) is 0.0714. The van der Waals surface area contributed by atoms with E-state index >= 15 is 0 Å². The Labute approximate surface area is 128 Å². The smallest absolute Gasteiger partial charge is 0.335 e. The molecule has 0 aliphatic carbocycles. The molecular weight excluding hydrogens is 340 g/mol. The second-order valence-electron chi connectivity index (χ2n) is 4.38. The number of carbonyl (C=O) groups is 1. The van der Waals surface area contributed by atoms with Crippen LogP contribution in [0.15, 0.2) is 40.9 Å². The lowest BCUT2D eigenvalue weighted by Gasteiger charge is -2.09. The number of nitrogens with one attached hydrogen (secondary N) is 1. The topological polar surface area (TPSA) is 92.5 Å². The number of anilines is 2. The molecule has 0 aliphatic rings. The van der Waals surface area contributed by atoms with E-state index in [1.54, 1.807) is 12.1 Å². The van der Waals surface area contributed by atoms with Crippen LogP contribution in [-0.2, 0) is 0 Å². The molecular formula is C14H11BrN2O4. The summed E-state index contributed by atoms with van der Waals surface area (Å²) in [5, 5.41) is 22.9. The fourth-order valence-corrected chi connectivity index (χ4v) is 2.05. The van der Waals surface area contributed by atoms with Crippen molar-refractivity contribution >= 4 is 39.0 Å². The highest BCUT2D eigenvalue weighted by Gasteiger charge is 2.16. The van der Waals surface area contributed by atoms with E-state index in [1.165, 1.54) is 18.2 Å². The molecule has 0 saturated carbocycles. The highest BCUT2D eigenvalue weighted by atomic mass is 79.9. The van der Waals surface area contributed by atoms with Crippen molar-refractivity contribution in [3.8, 4) is 0 Å². The molecule has 0 radical (unpaired) electrons. The van der Waals surface area contributed by atoms with Gasteiger partial charge in [0.25, 0.3) is 5.69 Å². The first-order chi connectivity index (χ1) is 9.88. The van der Waals surface area contributed by atoms with Crippen LogP contribution < -0.4 is 5.32 Å². The van der Waals surface area contributed by atoms with Gasteiger partial charge in [-0.15, -0.1) is 0 Å². The zero-order valence-electron chi connectivity index (χ0n) is 11.0. The Morgan fingerprint density at radius 2 is 2.00 bits per heavy atom. The van der Waals surface area contributed by atoms with Crippen molar-refractivity contribution in [1.82, 2.24) is 0 Å². The minimum atomic E-state index is -1.14. The molecule has 0 spiro atoms. The lowest BCUT2D eigenvalue weighted by atomic mass is 10.1. The van der Waals surface area contributed by atoms with Gasteiger partial charge in [0.1, 0.15) is 5.69 Å². The lowest BCUT2D eigenvalue weighted by molar-refractivity contribution is -0.383. The molecule has 108 valence electrons. The largest absolute Gasteiger partial charge is 0.478 e. The third-order valence-corrected chi connectivity index (χ3v) is 3.77. The number of rotatable bonds is 4. The van der Waals surface area contributed by atoms with E-state index in [1.807, 2.05) is 13.0 Å². The summed E-state index contributed by atoms with van der Waals surface area (Å²) in [6.45, 7) is 1.89. The Bertz CT molecular complexity index is 731. The number of nitrogens with zero attached hydrogens (tertiary/aromatic N) is 1. The van der Waals surface area contributed by atoms with Crippen molar-refractivity contribution in [2.24, 2.45) is 0 Å². The number of carboxylic acids is 1. The molecule has 0 unspecified atom stereocenters. The maximum Gasteiger partial charge on any atom is 0.335 e. The van der Waals surface area contributed by atoms with Gasteiger partial charge in [0, 0.05) is 16.2 Å². The number of nitro groups is 1. The van der Waals surface area contributed by atoms with Gasteiger partial charge >= 0.3 is 5.97 Å². The first-order valence-electron chi connectivity index (χ1n) is 5.93. The maximum absolute atomic E-state index is 11.0. The highest BCUT2D eigenvalue weighted by molar-refractivity contribution is 9.10. The van der Waals surface area contributed by atoms with Crippen molar-refractivity contribution in [2.45, 2.75) is 6.92 Å². The highest BCUT2D eigenvalue weighted by Crippen LogP contribution is 2.30. The van der Waals surface area contributed by atoms with E-state index in [2.05, 4.69) is 21.2 Å². The monoisotopic (exact) mass is 350 g/mol. The number of carboxylic acid groups (broad SMARTS) is 1. The SMILES string of the molecule is Cc1cc(Nc2cc(C(=O)O)ccc2[N+](=O)[O-])ccc1Br.